The first-order chi connectivity index (χ1) is 13.6. The normalized spacial score (nSPS) is 22.1. The number of nitrogens with zero attached hydrogens (tertiary/aromatic N) is 2. The molecule has 1 amide bonds. The van der Waals surface area contributed by atoms with Crippen LogP contribution in [-0.4, -0.2) is 53.2 Å². The van der Waals surface area contributed by atoms with Crippen LogP contribution >= 0.6 is 0 Å². The molecular weight excluding hydrogens is 364 g/mol. The number of amides is 1. The van der Waals surface area contributed by atoms with Crippen molar-refractivity contribution in [1.82, 2.24) is 9.88 Å². The molecule has 1 N–H and O–H groups in total. The Morgan fingerprint density at radius 3 is 2.61 bits per heavy atom. The van der Waals surface area contributed by atoms with E-state index in [4.69, 9.17) is 13.9 Å². The molecule has 1 aromatic heterocycles. The van der Waals surface area contributed by atoms with Crippen molar-refractivity contribution < 1.29 is 28.6 Å². The van der Waals surface area contributed by atoms with Crippen LogP contribution in [0.4, 0.5) is 0 Å². The summed E-state index contributed by atoms with van der Waals surface area (Å²) in [5.74, 6) is 0.508. The highest BCUT2D eigenvalue weighted by Gasteiger charge is 2.59. The highest BCUT2D eigenvalue weighted by Crippen LogP contribution is 2.59. The van der Waals surface area contributed by atoms with E-state index >= 15 is 0 Å². The summed E-state index contributed by atoms with van der Waals surface area (Å²) in [6, 6.07) is 5.40. The summed E-state index contributed by atoms with van der Waals surface area (Å²) in [5.41, 5.74) is 0.843. The molecule has 3 aliphatic rings. The maximum absolute atomic E-state index is 13.0. The number of carbonyl (C=O) groups excluding carboxylic acids is 1. The largest absolute Gasteiger partial charge is 0.486 e. The Hall–Kier alpha value is -3.03. The van der Waals surface area contributed by atoms with E-state index < -0.39 is 5.97 Å². The lowest BCUT2D eigenvalue weighted by atomic mass is 9.90. The topological polar surface area (TPSA) is 102 Å². The standard InChI is InChI=1S/C20H20N2O6/c23-18(22-5-3-20(4-6-22)10-13(20)19(24)25)16-17(28-11-21-16)12-1-2-14-15(9-12)27-8-7-26-14/h1-2,9,11,13H,3-8,10H2,(H,24,25). The molecule has 0 bridgehead atoms. The van der Waals surface area contributed by atoms with Gasteiger partial charge < -0.3 is 23.9 Å². The Labute approximate surface area is 161 Å². The summed E-state index contributed by atoms with van der Waals surface area (Å²) < 4.78 is 16.7. The smallest absolute Gasteiger partial charge is 0.307 e. The molecule has 1 atom stereocenters. The van der Waals surface area contributed by atoms with Gasteiger partial charge in [0, 0.05) is 18.7 Å². The Morgan fingerprint density at radius 2 is 1.89 bits per heavy atom. The average molecular weight is 384 g/mol. The highest BCUT2D eigenvalue weighted by atomic mass is 16.6. The van der Waals surface area contributed by atoms with E-state index in [9.17, 15) is 14.7 Å². The van der Waals surface area contributed by atoms with Gasteiger partial charge in [0.25, 0.3) is 5.91 Å². The van der Waals surface area contributed by atoms with Crippen LogP contribution in [0, 0.1) is 11.3 Å². The number of benzene rings is 1. The zero-order valence-electron chi connectivity index (χ0n) is 15.2. The van der Waals surface area contributed by atoms with Crippen molar-refractivity contribution in [3.8, 4) is 22.8 Å². The van der Waals surface area contributed by atoms with Crippen molar-refractivity contribution >= 4 is 11.9 Å². The maximum Gasteiger partial charge on any atom is 0.307 e. The van der Waals surface area contributed by atoms with Crippen LogP contribution in [0.1, 0.15) is 29.8 Å². The van der Waals surface area contributed by atoms with E-state index in [0.717, 1.165) is 6.42 Å². The number of hydrogen-bond acceptors (Lipinski definition) is 6. The second-order valence-corrected chi connectivity index (χ2v) is 7.64. The fraction of sp³-hybridized carbons (Fsp3) is 0.450. The van der Waals surface area contributed by atoms with E-state index in [-0.39, 0.29) is 22.9 Å². The van der Waals surface area contributed by atoms with Crippen molar-refractivity contribution in [2.75, 3.05) is 26.3 Å². The van der Waals surface area contributed by atoms with Crippen molar-refractivity contribution in [1.29, 1.82) is 0 Å². The summed E-state index contributed by atoms with van der Waals surface area (Å²) in [7, 11) is 0. The van der Waals surface area contributed by atoms with Crippen LogP contribution in [0.5, 0.6) is 11.5 Å². The molecule has 1 spiro atoms. The minimum absolute atomic E-state index is 0.120. The molecule has 0 radical (unpaired) electrons. The molecule has 1 aromatic carbocycles. The van der Waals surface area contributed by atoms with Gasteiger partial charge in [0.15, 0.2) is 29.3 Å². The number of hydrogen-bond donors (Lipinski definition) is 1. The van der Waals surface area contributed by atoms with Crippen LogP contribution in [-0.2, 0) is 4.79 Å². The minimum atomic E-state index is -0.725. The molecule has 28 heavy (non-hydrogen) atoms. The van der Waals surface area contributed by atoms with E-state index in [1.807, 2.05) is 6.07 Å². The van der Waals surface area contributed by atoms with E-state index in [0.29, 0.717) is 62.0 Å². The molecule has 1 aliphatic carbocycles. The number of carboxylic acid groups (broad SMARTS) is 1. The van der Waals surface area contributed by atoms with Crippen LogP contribution in [0.15, 0.2) is 29.0 Å². The van der Waals surface area contributed by atoms with Gasteiger partial charge in [-0.15, -0.1) is 0 Å². The molecule has 2 aliphatic heterocycles. The molecule has 8 nitrogen and oxygen atoms in total. The predicted octanol–water partition coefficient (Wildman–Crippen LogP) is 2.44. The number of aromatic nitrogens is 1. The van der Waals surface area contributed by atoms with Gasteiger partial charge in [-0.25, -0.2) is 4.98 Å². The Kier molecular flexibility index (Phi) is 3.82. The number of oxazole rings is 1. The third-order valence-corrected chi connectivity index (χ3v) is 6.11. The lowest BCUT2D eigenvalue weighted by Crippen LogP contribution is -2.40. The summed E-state index contributed by atoms with van der Waals surface area (Å²) >= 11 is 0. The summed E-state index contributed by atoms with van der Waals surface area (Å²) in [5, 5.41) is 9.22. The van der Waals surface area contributed by atoms with Gasteiger partial charge in [0.2, 0.25) is 0 Å². The lowest BCUT2D eigenvalue weighted by Gasteiger charge is -2.32. The molecule has 2 fully saturated rings. The number of aliphatic carboxylic acids is 1. The SMILES string of the molecule is O=C(O)C1CC12CCN(C(=O)c1ncoc1-c1ccc3c(c1)OCCO3)CC2. The Balaban J connectivity index is 1.34. The van der Waals surface area contributed by atoms with Crippen LogP contribution in [0.2, 0.25) is 0 Å². The zero-order chi connectivity index (χ0) is 19.3. The number of ether oxygens (including phenoxy) is 2. The molecule has 1 saturated heterocycles. The third kappa shape index (κ3) is 2.71. The number of piperidine rings is 1. The van der Waals surface area contributed by atoms with Gasteiger partial charge in [0.1, 0.15) is 13.2 Å². The van der Waals surface area contributed by atoms with Crippen molar-refractivity contribution in [2.24, 2.45) is 11.3 Å². The molecule has 3 heterocycles. The average Bonchev–Trinajstić information content (AvgIpc) is 3.20. The Bertz CT molecular complexity index is 944. The van der Waals surface area contributed by atoms with E-state index in [2.05, 4.69) is 4.98 Å². The molecular formula is C20H20N2O6. The van der Waals surface area contributed by atoms with Crippen molar-refractivity contribution in [3.63, 3.8) is 0 Å². The van der Waals surface area contributed by atoms with E-state index in [1.165, 1.54) is 6.39 Å². The second-order valence-electron chi connectivity index (χ2n) is 7.64. The third-order valence-electron chi connectivity index (χ3n) is 6.11. The molecule has 2 aromatic rings. The Morgan fingerprint density at radius 1 is 1.14 bits per heavy atom. The van der Waals surface area contributed by atoms with Crippen LogP contribution in [0.3, 0.4) is 0 Å². The molecule has 1 saturated carbocycles. The second kappa shape index (κ2) is 6.25. The zero-order valence-corrected chi connectivity index (χ0v) is 15.2. The van der Waals surface area contributed by atoms with Crippen LogP contribution in [0.25, 0.3) is 11.3 Å². The number of rotatable bonds is 3. The number of carbonyl (C=O) groups is 2. The van der Waals surface area contributed by atoms with Gasteiger partial charge in [-0.05, 0) is 42.9 Å². The molecule has 5 rings (SSSR count). The first-order valence-corrected chi connectivity index (χ1v) is 9.43. The predicted molar refractivity (Wildman–Crippen MR) is 96.2 cm³/mol. The summed E-state index contributed by atoms with van der Waals surface area (Å²) in [6.45, 7) is 2.06. The number of fused-ring (bicyclic) bond motifs is 1. The molecule has 1 unspecified atom stereocenters. The lowest BCUT2D eigenvalue weighted by molar-refractivity contribution is -0.139. The number of carboxylic acids is 1. The van der Waals surface area contributed by atoms with Crippen molar-refractivity contribution in [3.05, 3.63) is 30.3 Å². The first-order valence-electron chi connectivity index (χ1n) is 9.43. The summed E-state index contributed by atoms with van der Waals surface area (Å²) in [6.07, 6.45) is 3.42. The quantitative estimate of drug-likeness (QED) is 0.867. The van der Waals surface area contributed by atoms with Gasteiger partial charge in [-0.3, -0.25) is 9.59 Å². The van der Waals surface area contributed by atoms with Gasteiger partial charge >= 0.3 is 5.97 Å². The van der Waals surface area contributed by atoms with Gasteiger partial charge in [-0.2, -0.15) is 0 Å². The van der Waals surface area contributed by atoms with Crippen LogP contribution < -0.4 is 9.47 Å². The van der Waals surface area contributed by atoms with Gasteiger partial charge in [0.05, 0.1) is 5.92 Å². The van der Waals surface area contributed by atoms with Gasteiger partial charge in [-0.1, -0.05) is 0 Å². The fourth-order valence-corrected chi connectivity index (χ4v) is 4.34. The highest BCUT2D eigenvalue weighted by molar-refractivity contribution is 5.97. The minimum Gasteiger partial charge on any atom is -0.486 e. The fourth-order valence-electron chi connectivity index (χ4n) is 4.34. The summed E-state index contributed by atoms with van der Waals surface area (Å²) in [4.78, 5) is 30.1. The van der Waals surface area contributed by atoms with Crippen molar-refractivity contribution in [2.45, 2.75) is 19.3 Å². The number of likely N-dealkylation sites (tertiary alicyclic amines) is 1. The monoisotopic (exact) mass is 384 g/mol. The molecule has 8 heteroatoms. The molecule has 146 valence electrons. The first kappa shape index (κ1) is 17.1. The van der Waals surface area contributed by atoms with E-state index in [1.54, 1.807) is 17.0 Å². The maximum atomic E-state index is 13.0.